The van der Waals surface area contributed by atoms with Gasteiger partial charge in [0.05, 0.1) is 43.4 Å². The Labute approximate surface area is 180 Å². The largest absolute Gasteiger partial charge is 0.330 e. The highest BCUT2D eigenvalue weighted by molar-refractivity contribution is 5.85. The van der Waals surface area contributed by atoms with Crippen LogP contribution >= 0.6 is 0 Å². The maximum Gasteiger partial charge on any atom is 0.261 e. The van der Waals surface area contributed by atoms with Crippen LogP contribution in [0.15, 0.2) is 77.9 Å². The third-order valence-corrected chi connectivity index (χ3v) is 6.18. The predicted octanol–water partition coefficient (Wildman–Crippen LogP) is 1.48. The van der Waals surface area contributed by atoms with Crippen molar-refractivity contribution in [3.63, 3.8) is 0 Å². The van der Waals surface area contributed by atoms with Crippen molar-refractivity contribution in [2.45, 2.75) is 13.1 Å². The molecule has 0 saturated carbocycles. The highest BCUT2D eigenvalue weighted by atomic mass is 16.2. The molecule has 5 rings (SSSR count). The molecule has 1 saturated heterocycles. The van der Waals surface area contributed by atoms with Gasteiger partial charge in [-0.25, -0.2) is 4.98 Å². The van der Waals surface area contributed by atoms with E-state index in [2.05, 4.69) is 47.4 Å². The van der Waals surface area contributed by atoms with E-state index in [1.54, 1.807) is 12.1 Å². The topological polar surface area (TPSA) is 59.6 Å². The van der Waals surface area contributed by atoms with E-state index in [-0.39, 0.29) is 18.0 Å². The number of amides is 1. The lowest BCUT2D eigenvalue weighted by Gasteiger charge is -2.32. The van der Waals surface area contributed by atoms with E-state index in [1.165, 1.54) is 32.1 Å². The van der Waals surface area contributed by atoms with Gasteiger partial charge in [-0.05, 0) is 22.9 Å². The van der Waals surface area contributed by atoms with Gasteiger partial charge in [0.15, 0.2) is 0 Å². The van der Waals surface area contributed by atoms with E-state index in [9.17, 15) is 9.59 Å². The number of quaternary nitrogens is 1. The van der Waals surface area contributed by atoms with E-state index >= 15 is 0 Å². The van der Waals surface area contributed by atoms with Crippen molar-refractivity contribution in [2.75, 3.05) is 26.2 Å². The van der Waals surface area contributed by atoms with Gasteiger partial charge in [0.1, 0.15) is 13.1 Å². The number of nitrogens with zero attached hydrogens (tertiary/aromatic N) is 3. The molecule has 1 amide bonds. The normalized spacial score (nSPS) is 14.9. The minimum atomic E-state index is -0.167. The Morgan fingerprint density at radius 3 is 2.45 bits per heavy atom. The maximum atomic E-state index is 12.8. The Bertz CT molecular complexity index is 1300. The van der Waals surface area contributed by atoms with Crippen LogP contribution in [0.3, 0.4) is 0 Å². The predicted molar refractivity (Wildman–Crippen MR) is 121 cm³/mol. The second-order valence-electron chi connectivity index (χ2n) is 8.14. The highest BCUT2D eigenvalue weighted by Crippen LogP contribution is 2.17. The lowest BCUT2D eigenvalue weighted by atomic mass is 10.0. The average Bonchev–Trinajstić information content (AvgIpc) is 2.82. The van der Waals surface area contributed by atoms with Crippen molar-refractivity contribution in [3.8, 4) is 0 Å². The second-order valence-corrected chi connectivity index (χ2v) is 8.14. The Morgan fingerprint density at radius 1 is 0.903 bits per heavy atom. The van der Waals surface area contributed by atoms with Crippen LogP contribution in [0.25, 0.3) is 21.7 Å². The molecule has 0 unspecified atom stereocenters. The lowest BCUT2D eigenvalue weighted by molar-refractivity contribution is -0.917. The number of carbonyl (C=O) groups is 1. The number of rotatable bonds is 4. The number of piperazine rings is 1. The monoisotopic (exact) mass is 413 g/mol. The molecule has 1 N–H and O–H groups in total. The molecular formula is C25H25N4O2+. The molecule has 0 atom stereocenters. The van der Waals surface area contributed by atoms with E-state index in [4.69, 9.17) is 0 Å². The summed E-state index contributed by atoms with van der Waals surface area (Å²) in [6.45, 7) is 4.20. The molecule has 0 spiro atoms. The molecule has 1 fully saturated rings. The van der Waals surface area contributed by atoms with Gasteiger partial charge in [0, 0.05) is 5.56 Å². The van der Waals surface area contributed by atoms with Gasteiger partial charge in [0.2, 0.25) is 5.91 Å². The smallest absolute Gasteiger partial charge is 0.261 e. The quantitative estimate of drug-likeness (QED) is 0.551. The Kier molecular flexibility index (Phi) is 5.22. The number of benzene rings is 3. The SMILES string of the molecule is O=C(Cn1cnc2ccccc2c1=O)N1CC[NH+](Cc2cccc3ccccc23)CC1. The van der Waals surface area contributed by atoms with Crippen LogP contribution in [0.2, 0.25) is 0 Å². The molecule has 1 aromatic heterocycles. The molecule has 31 heavy (non-hydrogen) atoms. The van der Waals surface area contributed by atoms with Crippen molar-refractivity contribution in [1.29, 1.82) is 0 Å². The summed E-state index contributed by atoms with van der Waals surface area (Å²) in [6, 6.07) is 22.2. The van der Waals surface area contributed by atoms with Gasteiger partial charge in [-0.3, -0.25) is 14.2 Å². The Hall–Kier alpha value is -3.51. The standard InChI is InChI=1S/C25H24N4O2/c30-24(17-29-18-26-23-11-4-3-10-22(23)25(29)31)28-14-12-27(13-15-28)16-20-8-5-7-19-6-1-2-9-21(19)20/h1-11,18H,12-17H2/p+1. The third kappa shape index (κ3) is 3.94. The summed E-state index contributed by atoms with van der Waals surface area (Å²) in [5, 5.41) is 3.11. The van der Waals surface area contributed by atoms with E-state index in [0.717, 1.165) is 19.6 Å². The van der Waals surface area contributed by atoms with Crippen LogP contribution in [-0.2, 0) is 17.9 Å². The fourth-order valence-electron chi connectivity index (χ4n) is 4.43. The van der Waals surface area contributed by atoms with Crippen molar-refractivity contribution in [2.24, 2.45) is 0 Å². The number of hydrogen-bond donors (Lipinski definition) is 1. The molecule has 6 nitrogen and oxygen atoms in total. The zero-order valence-corrected chi connectivity index (χ0v) is 17.3. The number of carbonyl (C=O) groups excluding carboxylic acids is 1. The van der Waals surface area contributed by atoms with Crippen LogP contribution < -0.4 is 10.5 Å². The zero-order chi connectivity index (χ0) is 21.2. The Morgan fingerprint density at radius 2 is 1.61 bits per heavy atom. The molecular weight excluding hydrogens is 388 g/mol. The fourth-order valence-corrected chi connectivity index (χ4v) is 4.43. The van der Waals surface area contributed by atoms with Gasteiger partial charge >= 0.3 is 0 Å². The van der Waals surface area contributed by atoms with Gasteiger partial charge in [-0.1, -0.05) is 54.6 Å². The van der Waals surface area contributed by atoms with Gasteiger partial charge in [-0.2, -0.15) is 0 Å². The molecule has 0 radical (unpaired) electrons. The summed E-state index contributed by atoms with van der Waals surface area (Å²) in [7, 11) is 0. The van der Waals surface area contributed by atoms with Gasteiger partial charge in [-0.15, -0.1) is 0 Å². The van der Waals surface area contributed by atoms with Crippen molar-refractivity contribution < 1.29 is 9.69 Å². The summed E-state index contributed by atoms with van der Waals surface area (Å²) in [5.74, 6) is -0.0246. The van der Waals surface area contributed by atoms with Crippen molar-refractivity contribution in [1.82, 2.24) is 14.5 Å². The van der Waals surface area contributed by atoms with E-state index < -0.39 is 0 Å². The third-order valence-electron chi connectivity index (χ3n) is 6.18. The average molecular weight is 414 g/mol. The maximum absolute atomic E-state index is 12.8. The zero-order valence-electron chi connectivity index (χ0n) is 17.3. The van der Waals surface area contributed by atoms with Crippen LogP contribution in [0.1, 0.15) is 5.56 Å². The lowest BCUT2D eigenvalue weighted by Crippen LogP contribution is -3.13. The number of hydrogen-bond acceptors (Lipinski definition) is 3. The number of nitrogens with one attached hydrogen (secondary N) is 1. The molecule has 6 heteroatoms. The van der Waals surface area contributed by atoms with E-state index in [1.807, 2.05) is 17.0 Å². The van der Waals surface area contributed by atoms with Gasteiger partial charge < -0.3 is 9.80 Å². The first-order valence-electron chi connectivity index (χ1n) is 10.7. The molecule has 0 aliphatic carbocycles. The number of fused-ring (bicyclic) bond motifs is 2. The van der Waals surface area contributed by atoms with Crippen LogP contribution in [0.5, 0.6) is 0 Å². The minimum Gasteiger partial charge on any atom is -0.330 e. The van der Waals surface area contributed by atoms with E-state index in [0.29, 0.717) is 24.0 Å². The molecule has 156 valence electrons. The van der Waals surface area contributed by atoms with Crippen LogP contribution in [0.4, 0.5) is 0 Å². The summed E-state index contributed by atoms with van der Waals surface area (Å²) >= 11 is 0. The first kappa shape index (κ1) is 19.5. The summed E-state index contributed by atoms with van der Waals surface area (Å²) in [6.07, 6.45) is 1.48. The van der Waals surface area contributed by atoms with Gasteiger partial charge in [0.25, 0.3) is 5.56 Å². The molecule has 3 aromatic carbocycles. The first-order valence-corrected chi connectivity index (χ1v) is 10.7. The Balaban J connectivity index is 1.23. The van der Waals surface area contributed by atoms with Crippen LogP contribution in [0, 0.1) is 0 Å². The summed E-state index contributed by atoms with van der Waals surface area (Å²) in [5.41, 5.74) is 1.84. The molecule has 2 heterocycles. The fraction of sp³-hybridized carbons (Fsp3) is 0.240. The van der Waals surface area contributed by atoms with Crippen molar-refractivity contribution >= 4 is 27.6 Å². The molecule has 4 aromatic rings. The molecule has 1 aliphatic heterocycles. The number of para-hydroxylation sites is 1. The number of aromatic nitrogens is 2. The van der Waals surface area contributed by atoms with Crippen molar-refractivity contribution in [3.05, 3.63) is 89.0 Å². The summed E-state index contributed by atoms with van der Waals surface area (Å²) in [4.78, 5) is 33.1. The molecule has 1 aliphatic rings. The highest BCUT2D eigenvalue weighted by Gasteiger charge is 2.24. The molecule has 0 bridgehead atoms. The van der Waals surface area contributed by atoms with Crippen LogP contribution in [-0.4, -0.2) is 46.5 Å². The minimum absolute atomic E-state index is 0.0246. The summed E-state index contributed by atoms with van der Waals surface area (Å²) < 4.78 is 1.42. The first-order chi connectivity index (χ1) is 15.2. The second kappa shape index (κ2) is 8.32.